The van der Waals surface area contributed by atoms with Crippen LogP contribution in [0.5, 0.6) is 0 Å². The third-order valence-corrected chi connectivity index (χ3v) is 5.58. The van der Waals surface area contributed by atoms with E-state index in [1.807, 2.05) is 28.6 Å². The quantitative estimate of drug-likeness (QED) is 0.940. The molecule has 2 aliphatic rings. The lowest BCUT2D eigenvalue weighted by atomic mass is 9.85. The Morgan fingerprint density at radius 3 is 2.86 bits per heavy atom. The molecule has 1 aliphatic carbocycles. The molecular formula is C17H19N3OS. The Kier molecular flexibility index (Phi) is 3.45. The Morgan fingerprint density at radius 1 is 1.32 bits per heavy atom. The van der Waals surface area contributed by atoms with Crippen LogP contribution in [0, 0.1) is 12.8 Å². The van der Waals surface area contributed by atoms with Crippen LogP contribution in [-0.4, -0.2) is 15.7 Å². The molecule has 22 heavy (non-hydrogen) atoms. The highest BCUT2D eigenvalue weighted by Crippen LogP contribution is 2.37. The molecule has 0 saturated heterocycles. The van der Waals surface area contributed by atoms with Gasteiger partial charge >= 0.3 is 0 Å². The van der Waals surface area contributed by atoms with E-state index in [-0.39, 0.29) is 11.8 Å². The van der Waals surface area contributed by atoms with Gasteiger partial charge < -0.3 is 5.32 Å². The summed E-state index contributed by atoms with van der Waals surface area (Å²) >= 11 is 1.86. The fraction of sp³-hybridized carbons (Fsp3) is 0.412. The fourth-order valence-electron chi connectivity index (χ4n) is 3.01. The van der Waals surface area contributed by atoms with Crippen LogP contribution in [0.15, 0.2) is 24.3 Å². The average Bonchev–Trinajstić information content (AvgIpc) is 3.00. The second-order valence-electron chi connectivity index (χ2n) is 6.08. The second-order valence-corrected chi connectivity index (χ2v) is 7.07. The first-order valence-electron chi connectivity index (χ1n) is 7.79. The lowest BCUT2D eigenvalue weighted by Gasteiger charge is -2.24. The van der Waals surface area contributed by atoms with Gasteiger partial charge in [-0.3, -0.25) is 4.79 Å². The van der Waals surface area contributed by atoms with Crippen molar-refractivity contribution >= 4 is 23.5 Å². The normalized spacial score (nSPS) is 17.1. The fourth-order valence-corrected chi connectivity index (χ4v) is 4.04. The molecule has 1 aromatic carbocycles. The number of aromatic nitrogens is 2. The molecule has 4 nitrogen and oxygen atoms in total. The van der Waals surface area contributed by atoms with Gasteiger partial charge in [0.05, 0.1) is 11.4 Å². The van der Waals surface area contributed by atoms with Crippen LogP contribution in [0.4, 0.5) is 5.82 Å². The zero-order valence-corrected chi connectivity index (χ0v) is 13.4. The molecule has 2 heterocycles. The molecule has 114 valence electrons. The Labute approximate surface area is 134 Å². The summed E-state index contributed by atoms with van der Waals surface area (Å²) in [5, 5.41) is 7.93. The Bertz CT molecular complexity index is 734. The van der Waals surface area contributed by atoms with Gasteiger partial charge in [-0.1, -0.05) is 24.6 Å². The van der Waals surface area contributed by atoms with Crippen LogP contribution in [0.1, 0.15) is 36.1 Å². The van der Waals surface area contributed by atoms with E-state index in [2.05, 4.69) is 24.4 Å². The number of anilines is 1. The number of aryl methyl sites for hydroxylation is 1. The van der Waals surface area contributed by atoms with Crippen LogP contribution in [0.2, 0.25) is 0 Å². The van der Waals surface area contributed by atoms with Gasteiger partial charge in [0.15, 0.2) is 0 Å². The maximum absolute atomic E-state index is 12.4. The number of hydrogen-bond acceptors (Lipinski definition) is 3. The van der Waals surface area contributed by atoms with Crippen LogP contribution < -0.4 is 5.32 Å². The minimum absolute atomic E-state index is 0.153. The van der Waals surface area contributed by atoms with Gasteiger partial charge in [-0.25, -0.2) is 4.68 Å². The van der Waals surface area contributed by atoms with E-state index in [0.29, 0.717) is 0 Å². The summed E-state index contributed by atoms with van der Waals surface area (Å²) in [5.41, 5.74) is 4.51. The summed E-state index contributed by atoms with van der Waals surface area (Å²) in [7, 11) is 0. The molecule has 1 saturated carbocycles. The van der Waals surface area contributed by atoms with Crippen molar-refractivity contribution in [3.05, 3.63) is 41.1 Å². The molecule has 0 unspecified atom stereocenters. The first-order valence-corrected chi connectivity index (χ1v) is 8.95. The number of thioether (sulfide) groups is 1. The minimum Gasteiger partial charge on any atom is -0.310 e. The average molecular weight is 313 g/mol. The molecule has 2 aromatic rings. The summed E-state index contributed by atoms with van der Waals surface area (Å²) in [4.78, 5) is 12.4. The molecule has 0 atom stereocenters. The number of hydrogen-bond donors (Lipinski definition) is 1. The molecule has 0 bridgehead atoms. The highest BCUT2D eigenvalue weighted by Gasteiger charge is 2.29. The second kappa shape index (κ2) is 5.47. The van der Waals surface area contributed by atoms with Crippen molar-refractivity contribution in [1.82, 2.24) is 9.78 Å². The lowest BCUT2D eigenvalue weighted by Crippen LogP contribution is -2.29. The number of rotatable bonds is 3. The Balaban J connectivity index is 1.75. The number of amides is 1. The number of para-hydroxylation sites is 1. The minimum atomic E-state index is 0.153. The van der Waals surface area contributed by atoms with E-state index in [1.54, 1.807) is 0 Å². The Morgan fingerprint density at radius 2 is 2.14 bits per heavy atom. The zero-order chi connectivity index (χ0) is 15.1. The number of nitrogens with one attached hydrogen (secondary N) is 1. The van der Waals surface area contributed by atoms with Gasteiger partial charge in [0, 0.05) is 23.0 Å². The Hall–Kier alpha value is -1.75. The van der Waals surface area contributed by atoms with E-state index in [0.717, 1.165) is 47.1 Å². The first kappa shape index (κ1) is 13.9. The SMILES string of the molecule is Cc1ccccc1-n1nc2c(c1NC(=O)C1CCC1)CSC2. The molecule has 0 spiro atoms. The molecule has 1 aliphatic heterocycles. The van der Waals surface area contributed by atoms with Crippen molar-refractivity contribution in [1.29, 1.82) is 0 Å². The van der Waals surface area contributed by atoms with Crippen molar-refractivity contribution in [2.45, 2.75) is 37.7 Å². The van der Waals surface area contributed by atoms with Crippen molar-refractivity contribution in [3.63, 3.8) is 0 Å². The first-order chi connectivity index (χ1) is 10.7. The molecule has 4 rings (SSSR count). The third kappa shape index (κ3) is 2.24. The van der Waals surface area contributed by atoms with Crippen molar-refractivity contribution in [3.8, 4) is 5.69 Å². The summed E-state index contributed by atoms with van der Waals surface area (Å²) < 4.78 is 1.93. The summed E-state index contributed by atoms with van der Waals surface area (Å²) in [6.45, 7) is 2.08. The van der Waals surface area contributed by atoms with E-state index in [9.17, 15) is 4.79 Å². The third-order valence-electron chi connectivity index (χ3n) is 4.61. The van der Waals surface area contributed by atoms with Gasteiger partial charge in [0.1, 0.15) is 5.82 Å². The molecule has 5 heteroatoms. The monoisotopic (exact) mass is 313 g/mol. The van der Waals surface area contributed by atoms with Crippen molar-refractivity contribution in [2.24, 2.45) is 5.92 Å². The van der Waals surface area contributed by atoms with Crippen molar-refractivity contribution in [2.75, 3.05) is 5.32 Å². The number of fused-ring (bicyclic) bond motifs is 1. The maximum Gasteiger partial charge on any atom is 0.228 e. The van der Waals surface area contributed by atoms with E-state index < -0.39 is 0 Å². The number of benzene rings is 1. The van der Waals surface area contributed by atoms with Gasteiger partial charge in [-0.2, -0.15) is 16.9 Å². The summed E-state index contributed by atoms with van der Waals surface area (Å²) in [6, 6.07) is 8.18. The largest absolute Gasteiger partial charge is 0.310 e. The van der Waals surface area contributed by atoms with Crippen LogP contribution in [0.3, 0.4) is 0 Å². The summed E-state index contributed by atoms with van der Waals surface area (Å²) in [5.74, 6) is 3.08. The van der Waals surface area contributed by atoms with Crippen LogP contribution >= 0.6 is 11.8 Å². The topological polar surface area (TPSA) is 46.9 Å². The van der Waals surface area contributed by atoms with E-state index in [1.165, 1.54) is 12.0 Å². The molecule has 1 amide bonds. The summed E-state index contributed by atoms with van der Waals surface area (Å²) in [6.07, 6.45) is 3.20. The maximum atomic E-state index is 12.4. The standard InChI is InChI=1S/C17H19N3OS/c1-11-5-2-3-8-15(11)20-16(13-9-22-10-14(13)19-20)18-17(21)12-6-4-7-12/h2-3,5,8,12H,4,6-7,9-10H2,1H3,(H,18,21). The molecule has 0 radical (unpaired) electrons. The van der Waals surface area contributed by atoms with Crippen LogP contribution in [0.25, 0.3) is 5.69 Å². The van der Waals surface area contributed by atoms with Gasteiger partial charge in [-0.05, 0) is 31.4 Å². The van der Waals surface area contributed by atoms with Crippen molar-refractivity contribution < 1.29 is 4.79 Å². The molecular weight excluding hydrogens is 294 g/mol. The van der Waals surface area contributed by atoms with Crippen LogP contribution in [-0.2, 0) is 16.3 Å². The van der Waals surface area contributed by atoms with E-state index in [4.69, 9.17) is 5.10 Å². The van der Waals surface area contributed by atoms with E-state index >= 15 is 0 Å². The number of carbonyl (C=O) groups is 1. The van der Waals surface area contributed by atoms with Gasteiger partial charge in [0.2, 0.25) is 5.91 Å². The smallest absolute Gasteiger partial charge is 0.228 e. The number of carbonyl (C=O) groups excluding carboxylic acids is 1. The molecule has 1 N–H and O–H groups in total. The van der Waals surface area contributed by atoms with Gasteiger partial charge in [0.25, 0.3) is 0 Å². The van der Waals surface area contributed by atoms with Gasteiger partial charge in [-0.15, -0.1) is 0 Å². The highest BCUT2D eigenvalue weighted by atomic mass is 32.2. The predicted octanol–water partition coefficient (Wildman–Crippen LogP) is 3.67. The molecule has 1 aromatic heterocycles. The lowest BCUT2D eigenvalue weighted by molar-refractivity contribution is -0.122. The molecule has 1 fully saturated rings. The predicted molar refractivity (Wildman–Crippen MR) is 89.3 cm³/mol. The number of nitrogens with zero attached hydrogens (tertiary/aromatic N) is 2. The highest BCUT2D eigenvalue weighted by molar-refractivity contribution is 7.98. The zero-order valence-electron chi connectivity index (χ0n) is 12.6.